The molecule has 102 valence electrons. The normalized spacial score (nSPS) is 13.6. The molecule has 0 unspecified atom stereocenters. The first-order chi connectivity index (χ1) is 8.77. The van der Waals surface area contributed by atoms with E-state index in [2.05, 4.69) is 67.5 Å². The van der Waals surface area contributed by atoms with Crippen molar-refractivity contribution in [1.29, 1.82) is 0 Å². The fourth-order valence-corrected chi connectivity index (χ4v) is 4.02. The quantitative estimate of drug-likeness (QED) is 0.709. The number of hydrogen-bond donors (Lipinski definition) is 0. The number of pyridine rings is 1. The number of rotatable bonds is 2. The number of nitrogens with zero attached hydrogens (tertiary/aromatic N) is 2. The molecule has 0 radical (unpaired) electrons. The molecule has 0 bridgehead atoms. The molecule has 0 saturated heterocycles. The predicted molar refractivity (Wildman–Crippen MR) is 87.0 cm³/mol. The molecule has 2 aromatic heterocycles. The van der Waals surface area contributed by atoms with Crippen LogP contribution in [0, 0.1) is 0 Å². The Morgan fingerprint density at radius 3 is 2.53 bits per heavy atom. The van der Waals surface area contributed by atoms with E-state index in [4.69, 9.17) is 0 Å². The smallest absolute Gasteiger partial charge is 0.163 e. The highest BCUT2D eigenvalue weighted by atomic mass is 28.3. The van der Waals surface area contributed by atoms with Crippen LogP contribution in [-0.4, -0.2) is 17.5 Å². The van der Waals surface area contributed by atoms with Crippen molar-refractivity contribution in [1.82, 2.24) is 9.22 Å². The van der Waals surface area contributed by atoms with E-state index in [0.717, 1.165) is 5.65 Å². The largest absolute Gasteiger partial charge is 0.359 e. The van der Waals surface area contributed by atoms with Crippen molar-refractivity contribution in [2.45, 2.75) is 45.8 Å². The molecular weight excluding hydrogens is 248 g/mol. The van der Waals surface area contributed by atoms with Crippen LogP contribution in [0.15, 0.2) is 30.6 Å². The Balaban J connectivity index is 2.59. The standard InChI is InChI=1S/C16H24N2Si/c1-7-8-13-11-14-9-10-18(15(14)17-12-13)19(5,6)16(2,3)4/h7-12H,1-6H3. The first-order valence-electron chi connectivity index (χ1n) is 6.87. The zero-order valence-corrected chi connectivity index (χ0v) is 13.9. The van der Waals surface area contributed by atoms with Crippen molar-refractivity contribution >= 4 is 25.3 Å². The highest BCUT2D eigenvalue weighted by Gasteiger charge is 2.38. The van der Waals surface area contributed by atoms with Gasteiger partial charge in [-0.25, -0.2) is 4.98 Å². The molecule has 0 atom stereocenters. The summed E-state index contributed by atoms with van der Waals surface area (Å²) in [5.74, 6) is 0. The molecule has 0 fully saturated rings. The summed E-state index contributed by atoms with van der Waals surface area (Å²) in [7, 11) is -1.59. The van der Waals surface area contributed by atoms with Gasteiger partial charge in [-0.2, -0.15) is 0 Å². The summed E-state index contributed by atoms with van der Waals surface area (Å²) in [5.41, 5.74) is 2.29. The monoisotopic (exact) mass is 272 g/mol. The van der Waals surface area contributed by atoms with E-state index in [1.165, 1.54) is 10.9 Å². The second-order valence-corrected chi connectivity index (χ2v) is 11.8. The Hall–Kier alpha value is -1.35. The van der Waals surface area contributed by atoms with Gasteiger partial charge in [-0.05, 0) is 35.9 Å². The minimum Gasteiger partial charge on any atom is -0.359 e. The maximum Gasteiger partial charge on any atom is 0.163 e. The molecule has 3 heteroatoms. The fraction of sp³-hybridized carbons (Fsp3) is 0.438. The Kier molecular flexibility index (Phi) is 3.43. The van der Waals surface area contributed by atoms with Crippen LogP contribution in [0.25, 0.3) is 17.1 Å². The Bertz CT molecular complexity index is 615. The van der Waals surface area contributed by atoms with Crippen LogP contribution in [0.2, 0.25) is 18.1 Å². The van der Waals surface area contributed by atoms with Gasteiger partial charge in [0, 0.05) is 11.6 Å². The Morgan fingerprint density at radius 2 is 1.95 bits per heavy atom. The molecular formula is C16H24N2Si. The van der Waals surface area contributed by atoms with Crippen molar-refractivity contribution in [3.63, 3.8) is 0 Å². The van der Waals surface area contributed by atoms with Gasteiger partial charge in [0.05, 0.1) is 0 Å². The maximum absolute atomic E-state index is 4.69. The van der Waals surface area contributed by atoms with Crippen molar-refractivity contribution in [2.24, 2.45) is 0 Å². The number of allylic oxidation sites excluding steroid dienone is 1. The Labute approximate surface area is 117 Å². The molecule has 0 aromatic carbocycles. The van der Waals surface area contributed by atoms with Gasteiger partial charge >= 0.3 is 0 Å². The molecule has 0 aliphatic rings. The molecule has 0 aliphatic heterocycles. The van der Waals surface area contributed by atoms with Gasteiger partial charge in [0.1, 0.15) is 5.65 Å². The molecule has 0 saturated carbocycles. The van der Waals surface area contributed by atoms with Crippen LogP contribution in [-0.2, 0) is 0 Å². The van der Waals surface area contributed by atoms with Crippen molar-refractivity contribution in [3.05, 3.63) is 36.2 Å². The van der Waals surface area contributed by atoms with Crippen molar-refractivity contribution in [3.8, 4) is 0 Å². The van der Waals surface area contributed by atoms with Crippen LogP contribution in [0.5, 0.6) is 0 Å². The zero-order chi connectivity index (χ0) is 14.3. The van der Waals surface area contributed by atoms with Crippen molar-refractivity contribution < 1.29 is 0 Å². The van der Waals surface area contributed by atoms with E-state index in [-0.39, 0.29) is 0 Å². The SMILES string of the molecule is CC=Cc1cnc2c(ccn2[Si](C)(C)C(C)(C)C)c1. The van der Waals surface area contributed by atoms with Crippen LogP contribution in [0.3, 0.4) is 0 Å². The summed E-state index contributed by atoms with van der Waals surface area (Å²) < 4.78 is 2.43. The van der Waals surface area contributed by atoms with E-state index in [1.54, 1.807) is 0 Å². The van der Waals surface area contributed by atoms with Gasteiger partial charge in [0.25, 0.3) is 0 Å². The third kappa shape index (κ3) is 2.39. The molecule has 2 heterocycles. The van der Waals surface area contributed by atoms with Crippen LogP contribution in [0.1, 0.15) is 33.3 Å². The predicted octanol–water partition coefficient (Wildman–Crippen LogP) is 4.92. The lowest BCUT2D eigenvalue weighted by molar-refractivity contribution is 0.702. The lowest BCUT2D eigenvalue weighted by Crippen LogP contribution is -2.45. The summed E-state index contributed by atoms with van der Waals surface area (Å²) in [6.07, 6.45) is 8.32. The van der Waals surface area contributed by atoms with Gasteiger partial charge < -0.3 is 4.23 Å². The first kappa shape index (κ1) is 14.1. The van der Waals surface area contributed by atoms with Gasteiger partial charge in [0.15, 0.2) is 8.24 Å². The highest BCUT2D eigenvalue weighted by molar-refractivity contribution is 6.79. The molecule has 0 spiro atoms. The number of fused-ring (bicyclic) bond motifs is 1. The van der Waals surface area contributed by atoms with Gasteiger partial charge in [-0.1, -0.05) is 46.0 Å². The lowest BCUT2D eigenvalue weighted by Gasteiger charge is -2.38. The summed E-state index contributed by atoms with van der Waals surface area (Å²) in [5, 5.41) is 1.54. The molecule has 2 aromatic rings. The van der Waals surface area contributed by atoms with Crippen LogP contribution < -0.4 is 0 Å². The zero-order valence-electron chi connectivity index (χ0n) is 12.9. The first-order valence-corrected chi connectivity index (χ1v) is 9.82. The molecule has 0 amide bonds. The molecule has 2 nitrogen and oxygen atoms in total. The molecule has 0 aliphatic carbocycles. The molecule has 0 N–H and O–H groups in total. The average Bonchev–Trinajstić information content (AvgIpc) is 2.71. The topological polar surface area (TPSA) is 17.8 Å². The summed E-state index contributed by atoms with van der Waals surface area (Å²) in [4.78, 5) is 4.69. The molecule has 19 heavy (non-hydrogen) atoms. The minimum atomic E-state index is -1.59. The van der Waals surface area contributed by atoms with Crippen molar-refractivity contribution in [2.75, 3.05) is 0 Å². The van der Waals surface area contributed by atoms with Gasteiger partial charge in [0.2, 0.25) is 0 Å². The second-order valence-electron chi connectivity index (χ2n) is 6.68. The minimum absolute atomic E-state index is 0.308. The summed E-state index contributed by atoms with van der Waals surface area (Å²) in [6, 6.07) is 4.40. The Morgan fingerprint density at radius 1 is 1.26 bits per heavy atom. The van der Waals surface area contributed by atoms with E-state index < -0.39 is 8.24 Å². The van der Waals surface area contributed by atoms with Crippen LogP contribution in [0.4, 0.5) is 0 Å². The van der Waals surface area contributed by atoms with E-state index in [1.807, 2.05) is 19.2 Å². The highest BCUT2D eigenvalue weighted by Crippen LogP contribution is 2.38. The number of aromatic nitrogens is 2. The summed E-state index contributed by atoms with van der Waals surface area (Å²) >= 11 is 0. The van der Waals surface area contributed by atoms with Gasteiger partial charge in [-0.3, -0.25) is 0 Å². The number of hydrogen-bond acceptors (Lipinski definition) is 1. The molecule has 2 rings (SSSR count). The van der Waals surface area contributed by atoms with Gasteiger partial charge in [-0.15, -0.1) is 0 Å². The lowest BCUT2D eigenvalue weighted by atomic mass is 10.2. The van der Waals surface area contributed by atoms with E-state index in [0.29, 0.717) is 5.04 Å². The van der Waals surface area contributed by atoms with Crippen LogP contribution >= 0.6 is 0 Å². The van der Waals surface area contributed by atoms with E-state index in [9.17, 15) is 0 Å². The summed E-state index contributed by atoms with van der Waals surface area (Å²) in [6.45, 7) is 13.9. The second kappa shape index (κ2) is 4.64. The maximum atomic E-state index is 4.69. The third-order valence-electron chi connectivity index (χ3n) is 4.34. The van der Waals surface area contributed by atoms with E-state index >= 15 is 0 Å². The average molecular weight is 272 g/mol. The fourth-order valence-electron chi connectivity index (χ4n) is 2.14. The third-order valence-corrected chi connectivity index (χ3v) is 9.58.